The second-order valence-electron chi connectivity index (χ2n) is 2.48. The number of hydrogen-bond acceptors (Lipinski definition) is 1. The molecule has 0 aliphatic rings. The number of nitriles is 1. The number of benzene rings is 1. The van der Waals surface area contributed by atoms with Crippen molar-refractivity contribution in [1.82, 2.24) is 4.09 Å². The van der Waals surface area contributed by atoms with Crippen molar-refractivity contribution in [2.45, 2.75) is 0 Å². The first-order valence-electron chi connectivity index (χ1n) is 3.49. The molecule has 3 heteroatoms. The molecule has 0 aliphatic carbocycles. The van der Waals surface area contributed by atoms with Crippen LogP contribution in [0.25, 0.3) is 10.9 Å². The van der Waals surface area contributed by atoms with Crippen LogP contribution in [0.2, 0.25) is 0 Å². The fourth-order valence-electron chi connectivity index (χ4n) is 1.20. The van der Waals surface area contributed by atoms with E-state index in [0.717, 1.165) is 10.9 Å². The third-order valence-electron chi connectivity index (χ3n) is 1.77. The quantitative estimate of drug-likeness (QED) is 0.606. The summed E-state index contributed by atoms with van der Waals surface area (Å²) in [7, 11) is 0. The lowest BCUT2D eigenvalue weighted by Gasteiger charge is -1.91. The van der Waals surface area contributed by atoms with Gasteiger partial charge < -0.3 is 0 Å². The Balaban J connectivity index is 2.90. The maximum atomic E-state index is 8.66. The summed E-state index contributed by atoms with van der Waals surface area (Å²) in [6, 6.07) is 11.4. The van der Waals surface area contributed by atoms with Gasteiger partial charge in [-0.2, -0.15) is 5.26 Å². The minimum Gasteiger partial charge on any atom is -0.242 e. The molecule has 0 N–H and O–H groups in total. The molecule has 12 heavy (non-hydrogen) atoms. The molecule has 1 heterocycles. The monoisotopic (exact) mass is 176 g/mol. The zero-order chi connectivity index (χ0) is 8.55. The zero-order valence-corrected chi connectivity index (χ0v) is 6.92. The number of hydrogen-bond donors (Lipinski definition) is 0. The van der Waals surface area contributed by atoms with Crippen molar-refractivity contribution in [3.8, 4) is 6.07 Å². The summed E-state index contributed by atoms with van der Waals surface area (Å²) < 4.78 is 1.37. The number of rotatable bonds is 0. The van der Waals surface area contributed by atoms with Crippen molar-refractivity contribution in [3.63, 3.8) is 0 Å². The van der Waals surface area contributed by atoms with Crippen LogP contribution in [0.15, 0.2) is 30.3 Å². The van der Waals surface area contributed by atoms with Crippen LogP contribution in [0.1, 0.15) is 5.69 Å². The van der Waals surface area contributed by atoms with Gasteiger partial charge in [-0.1, -0.05) is 18.2 Å². The minimum atomic E-state index is 0.470. The normalized spacial score (nSPS) is 10.0. The first kappa shape index (κ1) is 7.20. The van der Waals surface area contributed by atoms with Gasteiger partial charge >= 0.3 is 0 Å². The highest BCUT2D eigenvalue weighted by atomic mass is 35.5. The molecule has 0 saturated carbocycles. The van der Waals surface area contributed by atoms with E-state index in [2.05, 4.69) is 0 Å². The van der Waals surface area contributed by atoms with Crippen LogP contribution in [0.5, 0.6) is 0 Å². The summed E-state index contributed by atoms with van der Waals surface area (Å²) in [5.74, 6) is 0. The van der Waals surface area contributed by atoms with Gasteiger partial charge in [-0.15, -0.1) is 0 Å². The van der Waals surface area contributed by atoms with Crippen LogP contribution >= 0.6 is 11.8 Å². The van der Waals surface area contributed by atoms with Gasteiger partial charge in [0.05, 0.1) is 5.52 Å². The van der Waals surface area contributed by atoms with E-state index < -0.39 is 0 Å². The van der Waals surface area contributed by atoms with E-state index in [1.54, 1.807) is 6.07 Å². The summed E-state index contributed by atoms with van der Waals surface area (Å²) in [4.78, 5) is 0. The van der Waals surface area contributed by atoms with E-state index >= 15 is 0 Å². The standard InChI is InChI=1S/C9H5ClN2/c10-12-8(6-11)5-7-3-1-2-4-9(7)12/h1-5H. The molecule has 2 nitrogen and oxygen atoms in total. The fraction of sp³-hybridized carbons (Fsp3) is 0. The Morgan fingerprint density at radius 1 is 1.33 bits per heavy atom. The third kappa shape index (κ3) is 0.876. The molecule has 2 aromatic rings. The first-order valence-corrected chi connectivity index (χ1v) is 3.83. The maximum absolute atomic E-state index is 8.66. The molecule has 0 aliphatic heterocycles. The molecule has 2 rings (SSSR count). The highest BCUT2D eigenvalue weighted by Crippen LogP contribution is 2.19. The average Bonchev–Trinajstić information content (AvgIpc) is 2.44. The average molecular weight is 177 g/mol. The molecule has 0 fully saturated rings. The second kappa shape index (κ2) is 2.54. The van der Waals surface area contributed by atoms with E-state index in [1.807, 2.05) is 30.3 Å². The topological polar surface area (TPSA) is 28.7 Å². The van der Waals surface area contributed by atoms with Crippen LogP contribution in [0, 0.1) is 11.3 Å². The first-order chi connectivity index (χ1) is 5.83. The van der Waals surface area contributed by atoms with Gasteiger partial charge in [0.15, 0.2) is 0 Å². The van der Waals surface area contributed by atoms with Crippen LogP contribution in [0.3, 0.4) is 0 Å². The lowest BCUT2D eigenvalue weighted by molar-refractivity contribution is 1.26. The lowest BCUT2D eigenvalue weighted by Crippen LogP contribution is -1.81. The minimum absolute atomic E-state index is 0.470. The molecular weight excluding hydrogens is 172 g/mol. The number of halogens is 1. The molecule has 0 atom stereocenters. The molecule has 0 saturated heterocycles. The smallest absolute Gasteiger partial charge is 0.136 e. The lowest BCUT2D eigenvalue weighted by atomic mass is 10.2. The van der Waals surface area contributed by atoms with Crippen molar-refractivity contribution in [1.29, 1.82) is 5.26 Å². The van der Waals surface area contributed by atoms with Crippen molar-refractivity contribution in [2.24, 2.45) is 0 Å². The van der Waals surface area contributed by atoms with Gasteiger partial charge in [0.2, 0.25) is 0 Å². The highest BCUT2D eigenvalue weighted by Gasteiger charge is 2.04. The summed E-state index contributed by atoms with van der Waals surface area (Å²) in [6.07, 6.45) is 0. The van der Waals surface area contributed by atoms with Gasteiger partial charge in [-0.25, -0.2) is 4.09 Å². The molecule has 1 aromatic carbocycles. The number of nitrogens with zero attached hydrogens (tertiary/aromatic N) is 2. The van der Waals surface area contributed by atoms with E-state index in [9.17, 15) is 0 Å². The van der Waals surface area contributed by atoms with Crippen LogP contribution in [-0.4, -0.2) is 4.09 Å². The van der Waals surface area contributed by atoms with E-state index in [0.29, 0.717) is 5.69 Å². The second-order valence-corrected chi connectivity index (χ2v) is 2.82. The molecule has 0 amide bonds. The Morgan fingerprint density at radius 2 is 2.08 bits per heavy atom. The van der Waals surface area contributed by atoms with Crippen molar-refractivity contribution in [2.75, 3.05) is 0 Å². The Morgan fingerprint density at radius 3 is 2.75 bits per heavy atom. The van der Waals surface area contributed by atoms with Gasteiger partial charge in [0.1, 0.15) is 11.8 Å². The van der Waals surface area contributed by atoms with Crippen LogP contribution in [-0.2, 0) is 0 Å². The van der Waals surface area contributed by atoms with E-state index in [4.69, 9.17) is 17.0 Å². The van der Waals surface area contributed by atoms with Gasteiger partial charge in [0, 0.05) is 17.2 Å². The largest absolute Gasteiger partial charge is 0.242 e. The van der Waals surface area contributed by atoms with Crippen molar-refractivity contribution < 1.29 is 0 Å². The van der Waals surface area contributed by atoms with E-state index in [1.165, 1.54) is 4.09 Å². The Labute approximate surface area is 74.7 Å². The van der Waals surface area contributed by atoms with E-state index in [-0.39, 0.29) is 0 Å². The molecular formula is C9H5ClN2. The third-order valence-corrected chi connectivity index (χ3v) is 2.13. The SMILES string of the molecule is N#Cc1cc2ccccc2n1Cl. The molecule has 0 spiro atoms. The fourth-order valence-corrected chi connectivity index (χ4v) is 1.44. The molecule has 1 aromatic heterocycles. The number of aromatic nitrogens is 1. The maximum Gasteiger partial charge on any atom is 0.136 e. The van der Waals surface area contributed by atoms with Gasteiger partial charge in [-0.3, -0.25) is 0 Å². The van der Waals surface area contributed by atoms with Crippen LogP contribution in [0.4, 0.5) is 0 Å². The summed E-state index contributed by atoms with van der Waals surface area (Å²) in [6.45, 7) is 0. The predicted molar refractivity (Wildman–Crippen MR) is 47.9 cm³/mol. The van der Waals surface area contributed by atoms with Crippen LogP contribution < -0.4 is 0 Å². The van der Waals surface area contributed by atoms with Gasteiger partial charge in [-0.05, 0) is 12.1 Å². The highest BCUT2D eigenvalue weighted by molar-refractivity contribution is 6.20. The Bertz CT molecular complexity index is 465. The molecule has 58 valence electrons. The molecule has 0 bridgehead atoms. The summed E-state index contributed by atoms with van der Waals surface area (Å²) >= 11 is 5.85. The molecule has 0 radical (unpaired) electrons. The Kier molecular flexibility index (Phi) is 1.53. The molecule has 0 unspecified atom stereocenters. The van der Waals surface area contributed by atoms with Crippen molar-refractivity contribution >= 4 is 22.7 Å². The predicted octanol–water partition coefficient (Wildman–Crippen LogP) is 2.51. The van der Waals surface area contributed by atoms with Crippen molar-refractivity contribution in [3.05, 3.63) is 36.0 Å². The zero-order valence-electron chi connectivity index (χ0n) is 6.16. The Hall–Kier alpha value is -1.46. The number of fused-ring (bicyclic) bond motifs is 1. The van der Waals surface area contributed by atoms with Gasteiger partial charge in [0.25, 0.3) is 0 Å². The summed E-state index contributed by atoms with van der Waals surface area (Å²) in [5.41, 5.74) is 1.34. The summed E-state index contributed by atoms with van der Waals surface area (Å²) in [5, 5.41) is 9.65. The number of para-hydroxylation sites is 1.